The summed E-state index contributed by atoms with van der Waals surface area (Å²) in [7, 11) is 0. The number of nitrogens with zero attached hydrogens (tertiary/aromatic N) is 1. The summed E-state index contributed by atoms with van der Waals surface area (Å²) in [6.07, 6.45) is 4.78. The molecule has 1 fully saturated rings. The van der Waals surface area contributed by atoms with Crippen LogP contribution in [0.2, 0.25) is 0 Å². The van der Waals surface area contributed by atoms with Gasteiger partial charge in [0.1, 0.15) is 11.5 Å². The first-order valence-corrected chi connectivity index (χ1v) is 14.0. The van der Waals surface area contributed by atoms with Gasteiger partial charge in [0.15, 0.2) is 5.60 Å². The fourth-order valence-corrected chi connectivity index (χ4v) is 6.61. The van der Waals surface area contributed by atoms with Crippen LogP contribution in [0.15, 0.2) is 84.9 Å². The zero-order chi connectivity index (χ0) is 26.6. The van der Waals surface area contributed by atoms with Gasteiger partial charge < -0.3 is 19.7 Å². The van der Waals surface area contributed by atoms with Crippen molar-refractivity contribution in [3.05, 3.63) is 113 Å². The lowest BCUT2D eigenvalue weighted by Gasteiger charge is -2.38. The first-order chi connectivity index (χ1) is 19.1. The molecule has 0 aliphatic carbocycles. The Bertz CT molecular complexity index is 1580. The molecule has 0 bridgehead atoms. The zero-order valence-corrected chi connectivity index (χ0v) is 22.4. The minimum atomic E-state index is -1.08. The van der Waals surface area contributed by atoms with Crippen molar-refractivity contribution in [1.82, 2.24) is 0 Å². The molecule has 2 atom stereocenters. The summed E-state index contributed by atoms with van der Waals surface area (Å²) in [5, 5.41) is 3.55. The van der Waals surface area contributed by atoms with E-state index in [2.05, 4.69) is 54.4 Å². The van der Waals surface area contributed by atoms with E-state index in [0.717, 1.165) is 45.9 Å². The number of hydrogen-bond acceptors (Lipinski definition) is 5. The van der Waals surface area contributed by atoms with Crippen LogP contribution in [0.4, 0.5) is 17.1 Å². The van der Waals surface area contributed by atoms with Crippen LogP contribution in [0.1, 0.15) is 65.2 Å². The fourth-order valence-electron chi connectivity index (χ4n) is 6.61. The first-order valence-electron chi connectivity index (χ1n) is 14.0. The van der Waals surface area contributed by atoms with E-state index in [0.29, 0.717) is 17.4 Å². The molecule has 4 aromatic carbocycles. The second kappa shape index (κ2) is 9.19. The molecule has 3 aliphatic rings. The van der Waals surface area contributed by atoms with Crippen LogP contribution in [0, 0.1) is 6.92 Å². The largest absolute Gasteiger partial charge is 0.456 e. The molecule has 2 unspecified atom stereocenters. The van der Waals surface area contributed by atoms with E-state index < -0.39 is 5.60 Å². The van der Waals surface area contributed by atoms with Crippen molar-refractivity contribution in [1.29, 1.82) is 0 Å². The normalized spacial score (nSPS) is 20.7. The number of carbonyl (C=O) groups is 1. The average molecular weight is 517 g/mol. The number of esters is 1. The maximum atomic E-state index is 13.3. The van der Waals surface area contributed by atoms with Gasteiger partial charge in [-0.1, -0.05) is 49.7 Å². The Morgan fingerprint density at radius 1 is 0.923 bits per heavy atom. The van der Waals surface area contributed by atoms with Crippen molar-refractivity contribution in [3.63, 3.8) is 0 Å². The van der Waals surface area contributed by atoms with Gasteiger partial charge in [-0.05, 0) is 74.2 Å². The van der Waals surface area contributed by atoms with Gasteiger partial charge in [0, 0.05) is 52.4 Å². The van der Waals surface area contributed by atoms with Gasteiger partial charge >= 0.3 is 5.97 Å². The summed E-state index contributed by atoms with van der Waals surface area (Å²) in [6, 6.07) is 28.9. The number of ether oxygens (including phenoxy) is 2. The van der Waals surface area contributed by atoms with Crippen molar-refractivity contribution in [2.24, 2.45) is 0 Å². The van der Waals surface area contributed by atoms with Crippen LogP contribution in [0.3, 0.4) is 0 Å². The summed E-state index contributed by atoms with van der Waals surface area (Å²) in [5.41, 5.74) is 6.22. The highest BCUT2D eigenvalue weighted by atomic mass is 16.6. The standard InChI is InChI=1S/C34H32N2O3/c1-3-10-24-13-9-18-36(24)25-16-17-28-32(20-25)38-31-19-22(2)30(35-23-11-5-4-6-12-23)21-29(31)34(28)27-15-8-7-14-26(27)33(37)39-34/h4-8,11-12,14-17,19-21,24,35H,3,9-10,13,18H2,1-2H3. The minimum Gasteiger partial charge on any atom is -0.456 e. The molecule has 196 valence electrons. The first kappa shape index (κ1) is 23.8. The molecule has 1 spiro atoms. The lowest BCUT2D eigenvalue weighted by Crippen LogP contribution is -2.34. The molecule has 1 N–H and O–H groups in total. The highest BCUT2D eigenvalue weighted by Gasteiger charge is 2.53. The molecule has 0 amide bonds. The lowest BCUT2D eigenvalue weighted by molar-refractivity contribution is 0.0224. The molecule has 5 nitrogen and oxygen atoms in total. The fraction of sp³-hybridized carbons (Fsp3) is 0.265. The van der Waals surface area contributed by atoms with E-state index in [-0.39, 0.29) is 5.97 Å². The summed E-state index contributed by atoms with van der Waals surface area (Å²) in [6.45, 7) is 5.38. The second-order valence-electron chi connectivity index (χ2n) is 10.8. The molecular weight excluding hydrogens is 484 g/mol. The minimum absolute atomic E-state index is 0.311. The van der Waals surface area contributed by atoms with Crippen molar-refractivity contribution in [2.45, 2.75) is 51.2 Å². The molecule has 0 radical (unpaired) electrons. The predicted molar refractivity (Wildman–Crippen MR) is 154 cm³/mol. The Morgan fingerprint density at radius 3 is 2.56 bits per heavy atom. The number of fused-ring (bicyclic) bond motifs is 6. The molecule has 1 saturated heterocycles. The van der Waals surface area contributed by atoms with Gasteiger partial charge in [0.05, 0.1) is 5.56 Å². The van der Waals surface area contributed by atoms with Crippen LogP contribution in [0.25, 0.3) is 0 Å². The van der Waals surface area contributed by atoms with Gasteiger partial charge in [-0.2, -0.15) is 0 Å². The van der Waals surface area contributed by atoms with Crippen molar-refractivity contribution in [3.8, 4) is 11.5 Å². The van der Waals surface area contributed by atoms with E-state index in [4.69, 9.17) is 9.47 Å². The van der Waals surface area contributed by atoms with E-state index in [1.165, 1.54) is 31.4 Å². The van der Waals surface area contributed by atoms with Crippen LogP contribution in [-0.2, 0) is 10.3 Å². The molecule has 5 heteroatoms. The smallest absolute Gasteiger partial charge is 0.340 e. The number of hydrogen-bond donors (Lipinski definition) is 1. The molecule has 3 heterocycles. The topological polar surface area (TPSA) is 50.8 Å². The molecule has 7 rings (SSSR count). The molecule has 0 saturated carbocycles. The number of aryl methyl sites for hydroxylation is 1. The van der Waals surface area contributed by atoms with Crippen LogP contribution < -0.4 is 15.0 Å². The number of nitrogens with one attached hydrogen (secondary N) is 1. The molecule has 0 aromatic heterocycles. The van der Waals surface area contributed by atoms with Gasteiger partial charge in [0.25, 0.3) is 0 Å². The SMILES string of the molecule is CCCC1CCCN1c1ccc2c(c1)Oc1cc(C)c(Nc3ccccc3)cc1C21OC(=O)c2ccccc21. The van der Waals surface area contributed by atoms with Crippen molar-refractivity contribution in [2.75, 3.05) is 16.8 Å². The summed E-state index contributed by atoms with van der Waals surface area (Å²) >= 11 is 0. The maximum absolute atomic E-state index is 13.3. The van der Waals surface area contributed by atoms with Crippen LogP contribution in [0.5, 0.6) is 11.5 Å². The third-order valence-corrected chi connectivity index (χ3v) is 8.43. The third-order valence-electron chi connectivity index (χ3n) is 8.43. The van der Waals surface area contributed by atoms with Crippen LogP contribution >= 0.6 is 0 Å². The Hall–Kier alpha value is -4.25. The summed E-state index contributed by atoms with van der Waals surface area (Å²) < 4.78 is 13.1. The van der Waals surface area contributed by atoms with Gasteiger partial charge in [-0.3, -0.25) is 0 Å². The Morgan fingerprint density at radius 2 is 1.72 bits per heavy atom. The number of rotatable bonds is 5. The van der Waals surface area contributed by atoms with Crippen molar-refractivity contribution >= 4 is 23.0 Å². The number of benzene rings is 4. The monoisotopic (exact) mass is 516 g/mol. The molecular formula is C34H32N2O3. The Labute approximate surface area is 229 Å². The third kappa shape index (κ3) is 3.71. The highest BCUT2D eigenvalue weighted by Crippen LogP contribution is 2.57. The van der Waals surface area contributed by atoms with E-state index in [1.54, 1.807) is 0 Å². The summed E-state index contributed by atoms with van der Waals surface area (Å²) in [5.74, 6) is 1.15. The van der Waals surface area contributed by atoms with E-state index in [1.807, 2.05) is 54.6 Å². The number of para-hydroxylation sites is 1. The van der Waals surface area contributed by atoms with E-state index >= 15 is 0 Å². The average Bonchev–Trinajstić information content (AvgIpc) is 3.53. The predicted octanol–water partition coefficient (Wildman–Crippen LogP) is 8.08. The number of carbonyl (C=O) groups excluding carboxylic acids is 1. The quantitative estimate of drug-likeness (QED) is 0.272. The molecule has 3 aliphatic heterocycles. The van der Waals surface area contributed by atoms with E-state index in [9.17, 15) is 4.79 Å². The maximum Gasteiger partial charge on any atom is 0.340 e. The van der Waals surface area contributed by atoms with Crippen molar-refractivity contribution < 1.29 is 14.3 Å². The van der Waals surface area contributed by atoms with Crippen LogP contribution in [-0.4, -0.2) is 18.6 Å². The van der Waals surface area contributed by atoms with Gasteiger partial charge in [0.2, 0.25) is 0 Å². The Kier molecular flexibility index (Phi) is 5.62. The second-order valence-corrected chi connectivity index (χ2v) is 10.8. The molecule has 39 heavy (non-hydrogen) atoms. The van der Waals surface area contributed by atoms with Gasteiger partial charge in [-0.25, -0.2) is 4.79 Å². The highest BCUT2D eigenvalue weighted by molar-refractivity contribution is 5.97. The zero-order valence-electron chi connectivity index (χ0n) is 22.4. The number of anilines is 3. The Balaban J connectivity index is 1.40. The summed E-state index contributed by atoms with van der Waals surface area (Å²) in [4.78, 5) is 15.8. The lowest BCUT2D eigenvalue weighted by atomic mass is 9.77. The van der Waals surface area contributed by atoms with Gasteiger partial charge in [-0.15, -0.1) is 0 Å². The molecule has 4 aromatic rings.